The van der Waals surface area contributed by atoms with Crippen LogP contribution in [0.25, 0.3) is 11.4 Å². The normalized spacial score (nSPS) is 15.3. The Morgan fingerprint density at radius 3 is 2.20 bits per heavy atom. The Balaban J connectivity index is 1.23. The number of aromatic nitrogens is 2. The van der Waals surface area contributed by atoms with E-state index in [4.69, 9.17) is 4.52 Å². The molecular weight excluding hydrogens is 392 g/mol. The number of nitrogens with zero attached hydrogens (tertiary/aromatic N) is 4. The second-order valence-corrected chi connectivity index (χ2v) is 7.13. The van der Waals surface area contributed by atoms with Crippen molar-refractivity contribution in [1.29, 1.82) is 0 Å². The minimum absolute atomic E-state index is 0.129. The summed E-state index contributed by atoms with van der Waals surface area (Å²) in [6.07, 6.45) is 0. The van der Waals surface area contributed by atoms with Crippen LogP contribution in [0.4, 0.5) is 14.5 Å². The van der Waals surface area contributed by atoms with E-state index in [1.165, 1.54) is 36.4 Å². The van der Waals surface area contributed by atoms with Gasteiger partial charge in [-0.2, -0.15) is 4.98 Å². The molecule has 1 amide bonds. The van der Waals surface area contributed by atoms with Gasteiger partial charge in [-0.05, 0) is 48.5 Å². The van der Waals surface area contributed by atoms with Gasteiger partial charge in [0.25, 0.3) is 0 Å². The summed E-state index contributed by atoms with van der Waals surface area (Å²) in [5.74, 6) is 0.149. The molecule has 0 saturated carbocycles. The van der Waals surface area contributed by atoms with Crippen LogP contribution in [0.2, 0.25) is 0 Å². The molecule has 0 atom stereocenters. The first-order chi connectivity index (χ1) is 14.5. The van der Waals surface area contributed by atoms with Crippen molar-refractivity contribution in [3.05, 3.63) is 66.1 Å². The van der Waals surface area contributed by atoms with E-state index in [2.05, 4.69) is 25.3 Å². The molecule has 0 aliphatic carbocycles. The Bertz CT molecular complexity index is 983. The fraction of sp³-hybridized carbons (Fsp3) is 0.286. The average Bonchev–Trinajstić information content (AvgIpc) is 3.20. The van der Waals surface area contributed by atoms with Crippen molar-refractivity contribution in [3.8, 4) is 11.4 Å². The lowest BCUT2D eigenvalue weighted by molar-refractivity contribution is -0.117. The summed E-state index contributed by atoms with van der Waals surface area (Å²) in [6.45, 7) is 3.78. The molecule has 2 heterocycles. The highest BCUT2D eigenvalue weighted by molar-refractivity contribution is 5.92. The van der Waals surface area contributed by atoms with Crippen LogP contribution in [0.3, 0.4) is 0 Å². The minimum Gasteiger partial charge on any atom is -0.338 e. The maximum Gasteiger partial charge on any atom is 0.241 e. The van der Waals surface area contributed by atoms with Gasteiger partial charge in [-0.1, -0.05) is 5.16 Å². The fourth-order valence-corrected chi connectivity index (χ4v) is 3.27. The van der Waals surface area contributed by atoms with Crippen LogP contribution in [-0.2, 0) is 11.3 Å². The Kier molecular flexibility index (Phi) is 6.10. The van der Waals surface area contributed by atoms with Crippen LogP contribution in [0.15, 0.2) is 53.1 Å². The van der Waals surface area contributed by atoms with E-state index in [1.54, 1.807) is 12.1 Å². The number of amides is 1. The van der Waals surface area contributed by atoms with Crippen molar-refractivity contribution in [2.75, 3.05) is 38.0 Å². The molecule has 1 fully saturated rings. The third kappa shape index (κ3) is 5.25. The van der Waals surface area contributed by atoms with Crippen LogP contribution >= 0.6 is 0 Å². The topological polar surface area (TPSA) is 74.5 Å². The van der Waals surface area contributed by atoms with Crippen molar-refractivity contribution in [3.63, 3.8) is 0 Å². The van der Waals surface area contributed by atoms with Crippen LogP contribution < -0.4 is 5.32 Å². The van der Waals surface area contributed by atoms with Crippen LogP contribution in [0.1, 0.15) is 5.89 Å². The van der Waals surface area contributed by atoms with Crippen molar-refractivity contribution in [2.24, 2.45) is 0 Å². The SMILES string of the molecule is O=C(CN1CCN(Cc2nc(-c3ccc(F)cc3)no2)CC1)Nc1ccc(F)cc1. The Hall–Kier alpha value is -3.17. The standard InChI is InChI=1S/C21H21F2N5O2/c22-16-3-1-15(2-4-16)21-25-20(30-26-21)14-28-11-9-27(10-12-28)13-19(29)24-18-7-5-17(23)6-8-18/h1-8H,9-14H2,(H,24,29). The number of hydrogen-bond donors (Lipinski definition) is 1. The summed E-state index contributed by atoms with van der Waals surface area (Å²) < 4.78 is 31.3. The van der Waals surface area contributed by atoms with E-state index >= 15 is 0 Å². The lowest BCUT2D eigenvalue weighted by Gasteiger charge is -2.33. The molecular formula is C21H21F2N5O2. The first kappa shape index (κ1) is 20.1. The van der Waals surface area contributed by atoms with Crippen molar-refractivity contribution >= 4 is 11.6 Å². The van der Waals surface area contributed by atoms with E-state index in [-0.39, 0.29) is 24.1 Å². The number of halogens is 2. The fourth-order valence-electron chi connectivity index (χ4n) is 3.27. The quantitative estimate of drug-likeness (QED) is 0.670. The van der Waals surface area contributed by atoms with E-state index in [1.807, 2.05) is 0 Å². The molecule has 9 heteroatoms. The highest BCUT2D eigenvalue weighted by atomic mass is 19.1. The number of carbonyl (C=O) groups is 1. The third-order valence-electron chi connectivity index (χ3n) is 4.89. The zero-order valence-corrected chi connectivity index (χ0v) is 16.2. The zero-order chi connectivity index (χ0) is 20.9. The first-order valence-corrected chi connectivity index (χ1v) is 9.64. The predicted molar refractivity (Wildman–Crippen MR) is 106 cm³/mol. The van der Waals surface area contributed by atoms with Gasteiger partial charge in [0.15, 0.2) is 0 Å². The van der Waals surface area contributed by atoms with Crippen molar-refractivity contribution < 1.29 is 18.1 Å². The maximum atomic E-state index is 13.0. The third-order valence-corrected chi connectivity index (χ3v) is 4.89. The average molecular weight is 413 g/mol. The van der Waals surface area contributed by atoms with E-state index in [0.29, 0.717) is 29.5 Å². The second-order valence-electron chi connectivity index (χ2n) is 7.13. The van der Waals surface area contributed by atoms with Crippen LogP contribution in [-0.4, -0.2) is 58.6 Å². The highest BCUT2D eigenvalue weighted by Gasteiger charge is 2.21. The molecule has 2 aromatic carbocycles. The highest BCUT2D eigenvalue weighted by Crippen LogP contribution is 2.17. The lowest BCUT2D eigenvalue weighted by atomic mass is 10.2. The van der Waals surface area contributed by atoms with Crippen LogP contribution in [0.5, 0.6) is 0 Å². The number of carbonyl (C=O) groups excluding carboxylic acids is 1. The molecule has 1 aliphatic rings. The van der Waals surface area contributed by atoms with Gasteiger partial charge < -0.3 is 9.84 Å². The zero-order valence-electron chi connectivity index (χ0n) is 16.2. The lowest BCUT2D eigenvalue weighted by Crippen LogP contribution is -2.48. The second kappa shape index (κ2) is 9.10. The van der Waals surface area contributed by atoms with Gasteiger partial charge in [-0.15, -0.1) is 0 Å². The predicted octanol–water partition coefficient (Wildman–Crippen LogP) is 2.77. The number of hydrogen-bond acceptors (Lipinski definition) is 6. The van der Waals surface area contributed by atoms with E-state index in [0.717, 1.165) is 26.2 Å². The summed E-state index contributed by atoms with van der Waals surface area (Å²) in [5.41, 5.74) is 1.27. The van der Waals surface area contributed by atoms with Gasteiger partial charge in [0.2, 0.25) is 17.6 Å². The first-order valence-electron chi connectivity index (χ1n) is 9.64. The molecule has 0 bridgehead atoms. The molecule has 156 valence electrons. The Labute approximate surface area is 172 Å². The number of rotatable bonds is 6. The largest absolute Gasteiger partial charge is 0.338 e. The van der Waals surface area contributed by atoms with Gasteiger partial charge >= 0.3 is 0 Å². The summed E-state index contributed by atoms with van der Waals surface area (Å²) in [7, 11) is 0. The molecule has 0 unspecified atom stereocenters. The van der Waals surface area contributed by atoms with Crippen LogP contribution in [0, 0.1) is 11.6 Å². The summed E-state index contributed by atoms with van der Waals surface area (Å²) in [4.78, 5) is 20.8. The molecule has 30 heavy (non-hydrogen) atoms. The van der Waals surface area contributed by atoms with E-state index < -0.39 is 0 Å². The molecule has 1 N–H and O–H groups in total. The molecule has 0 radical (unpaired) electrons. The van der Waals surface area contributed by atoms with Gasteiger partial charge in [-0.25, -0.2) is 8.78 Å². The van der Waals surface area contributed by atoms with Crippen molar-refractivity contribution in [1.82, 2.24) is 19.9 Å². The van der Waals surface area contributed by atoms with Gasteiger partial charge in [-0.3, -0.25) is 14.6 Å². The molecule has 1 aliphatic heterocycles. The monoisotopic (exact) mass is 413 g/mol. The molecule has 4 rings (SSSR count). The smallest absolute Gasteiger partial charge is 0.241 e. The maximum absolute atomic E-state index is 13.0. The molecule has 3 aromatic rings. The van der Waals surface area contributed by atoms with Gasteiger partial charge in [0, 0.05) is 37.4 Å². The molecule has 1 aromatic heterocycles. The van der Waals surface area contributed by atoms with Crippen molar-refractivity contribution in [2.45, 2.75) is 6.54 Å². The number of piperazine rings is 1. The molecule has 1 saturated heterocycles. The summed E-state index contributed by atoms with van der Waals surface area (Å²) >= 11 is 0. The minimum atomic E-state index is -0.338. The number of nitrogens with one attached hydrogen (secondary N) is 1. The number of anilines is 1. The van der Waals surface area contributed by atoms with Gasteiger partial charge in [0.1, 0.15) is 11.6 Å². The molecule has 7 nitrogen and oxygen atoms in total. The Morgan fingerprint density at radius 1 is 0.933 bits per heavy atom. The summed E-state index contributed by atoms with van der Waals surface area (Å²) in [5, 5.41) is 6.73. The number of benzene rings is 2. The van der Waals surface area contributed by atoms with Gasteiger partial charge in [0.05, 0.1) is 13.1 Å². The summed E-state index contributed by atoms with van der Waals surface area (Å²) in [6, 6.07) is 11.6. The Morgan fingerprint density at radius 2 is 1.53 bits per heavy atom. The van der Waals surface area contributed by atoms with E-state index in [9.17, 15) is 13.6 Å². The molecule has 0 spiro atoms.